The number of hydrogen-bond donors (Lipinski definition) is 1. The average Bonchev–Trinajstić information content (AvgIpc) is 2.55. The van der Waals surface area contributed by atoms with E-state index in [0.29, 0.717) is 6.29 Å². The molecule has 0 radical (unpaired) electrons. The van der Waals surface area contributed by atoms with Crippen molar-refractivity contribution in [1.29, 1.82) is 0 Å². The number of aldehydes is 1. The Hall–Kier alpha value is -2.62. The van der Waals surface area contributed by atoms with Crippen molar-refractivity contribution in [2.75, 3.05) is 27.3 Å². The first-order valence-electron chi connectivity index (χ1n) is 8.21. The molecule has 1 N–H and O–H groups in total. The Morgan fingerprint density at radius 2 is 1.44 bits per heavy atom. The van der Waals surface area contributed by atoms with Gasteiger partial charge in [-0.15, -0.1) is 0 Å². The largest absolute Gasteiger partial charge is 0.394 e. The molecule has 27 heavy (non-hydrogen) atoms. The maximum absolute atomic E-state index is 10.7. The van der Waals surface area contributed by atoms with Crippen molar-refractivity contribution in [2.45, 2.75) is 48.5 Å². The summed E-state index contributed by atoms with van der Waals surface area (Å²) in [4.78, 5) is 56.2. The highest BCUT2D eigenvalue weighted by Crippen LogP contribution is 1.85. The number of carbonyl (C=O) groups is 5. The van der Waals surface area contributed by atoms with Gasteiger partial charge in [0, 0.05) is 48.5 Å². The summed E-state index contributed by atoms with van der Waals surface area (Å²) < 4.78 is 8.51. The molecule has 0 heterocycles. The van der Waals surface area contributed by atoms with E-state index in [1.54, 1.807) is 14.2 Å². The number of ether oxygens (including phenoxy) is 2. The second-order valence-corrected chi connectivity index (χ2v) is 4.35. The summed E-state index contributed by atoms with van der Waals surface area (Å²) in [5.41, 5.74) is 0. The molecule has 0 rings (SSSR count). The van der Waals surface area contributed by atoms with Crippen LogP contribution < -0.4 is 5.32 Å². The summed E-state index contributed by atoms with van der Waals surface area (Å²) in [6.45, 7) is 11.8. The summed E-state index contributed by atoms with van der Waals surface area (Å²) in [6, 6.07) is 0. The summed E-state index contributed by atoms with van der Waals surface area (Å²) in [6.07, 6.45) is 0.650. The molecule has 0 aromatic rings. The van der Waals surface area contributed by atoms with Gasteiger partial charge < -0.3 is 19.2 Å². The number of guanidine groups is 1. The topological polar surface area (TPSA) is 131 Å². The van der Waals surface area contributed by atoms with E-state index >= 15 is 0 Å². The van der Waals surface area contributed by atoms with E-state index in [1.165, 1.54) is 32.6 Å². The third-order valence-electron chi connectivity index (χ3n) is 1.84. The highest BCUT2D eigenvalue weighted by Gasteiger charge is 2.08. The molecule has 0 aliphatic carbocycles. The van der Waals surface area contributed by atoms with Gasteiger partial charge in [0.1, 0.15) is 6.29 Å². The molecular formula is C17H33N3O7. The van der Waals surface area contributed by atoms with Gasteiger partial charge in [0.2, 0.25) is 17.8 Å². The van der Waals surface area contributed by atoms with Crippen LogP contribution in [0, 0.1) is 0 Å². The minimum absolute atomic E-state index is 0.0619. The normalized spacial score (nSPS) is 8.85. The van der Waals surface area contributed by atoms with Crippen molar-refractivity contribution in [1.82, 2.24) is 10.2 Å². The van der Waals surface area contributed by atoms with Crippen LogP contribution in [0.3, 0.4) is 0 Å². The molecule has 0 aliphatic rings. The number of amides is 2. The highest BCUT2D eigenvalue weighted by atomic mass is 16.6. The fourth-order valence-corrected chi connectivity index (χ4v) is 0.916. The van der Waals surface area contributed by atoms with Gasteiger partial charge in [-0.3, -0.25) is 24.5 Å². The van der Waals surface area contributed by atoms with E-state index in [0.717, 1.165) is 6.61 Å². The Morgan fingerprint density at radius 3 is 1.63 bits per heavy atom. The first-order chi connectivity index (χ1) is 12.5. The highest BCUT2D eigenvalue weighted by molar-refractivity contribution is 6.01. The predicted molar refractivity (Wildman–Crippen MR) is 102 cm³/mol. The lowest BCUT2D eigenvalue weighted by molar-refractivity contribution is -0.156. The Morgan fingerprint density at radius 1 is 1.04 bits per heavy atom. The Kier molecular flexibility index (Phi) is 27.8. The molecule has 2 amide bonds. The van der Waals surface area contributed by atoms with Crippen LogP contribution in [0.2, 0.25) is 0 Å². The predicted octanol–water partition coefficient (Wildman–Crippen LogP) is 0.931. The minimum atomic E-state index is -0.562. The second-order valence-electron chi connectivity index (χ2n) is 4.35. The fraction of sp³-hybridized carbons (Fsp3) is 0.647. The molecule has 0 saturated heterocycles. The van der Waals surface area contributed by atoms with E-state index < -0.39 is 17.8 Å². The quantitative estimate of drug-likeness (QED) is 0.247. The lowest BCUT2D eigenvalue weighted by Crippen LogP contribution is -2.42. The number of methoxy groups -OCH3 is 1. The lowest BCUT2D eigenvalue weighted by atomic mass is 10.6. The summed E-state index contributed by atoms with van der Waals surface area (Å²) in [5, 5.41) is 2.35. The van der Waals surface area contributed by atoms with Crippen LogP contribution in [0.5, 0.6) is 0 Å². The summed E-state index contributed by atoms with van der Waals surface area (Å²) >= 11 is 0. The van der Waals surface area contributed by atoms with Gasteiger partial charge in [-0.2, -0.15) is 4.99 Å². The third-order valence-corrected chi connectivity index (χ3v) is 1.84. The van der Waals surface area contributed by atoms with Gasteiger partial charge >= 0.3 is 11.9 Å². The number of nitrogens with zero attached hydrogens (tertiary/aromatic N) is 2. The molecule has 0 aliphatic heterocycles. The van der Waals surface area contributed by atoms with Crippen LogP contribution in [-0.2, 0) is 33.4 Å². The van der Waals surface area contributed by atoms with Crippen molar-refractivity contribution < 1.29 is 33.4 Å². The standard InChI is InChI=1S/C8H13N3O3.C4H6O3.C3H8O.C2H6/c1-6(13)9-8(10-7(2)14)11(3)4-5-12;1-3(5)7-4(2)6;1-3-4-2;1-2/h5H,4H2,1-3H3,(H,9,10,13,14);1-2H3;3H2,1-2H3;1-2H3. The van der Waals surface area contributed by atoms with Gasteiger partial charge in [-0.1, -0.05) is 13.8 Å². The van der Waals surface area contributed by atoms with Crippen molar-refractivity contribution in [2.24, 2.45) is 4.99 Å². The van der Waals surface area contributed by atoms with Crippen LogP contribution in [0.15, 0.2) is 4.99 Å². The van der Waals surface area contributed by atoms with Crippen LogP contribution in [0.1, 0.15) is 48.5 Å². The molecule has 0 atom stereocenters. The van der Waals surface area contributed by atoms with Gasteiger partial charge in [0.25, 0.3) is 0 Å². The monoisotopic (exact) mass is 391 g/mol. The zero-order valence-corrected chi connectivity index (χ0v) is 17.7. The first-order valence-corrected chi connectivity index (χ1v) is 8.21. The van der Waals surface area contributed by atoms with Crippen molar-refractivity contribution in [3.05, 3.63) is 0 Å². The van der Waals surface area contributed by atoms with Crippen molar-refractivity contribution >= 4 is 36.0 Å². The van der Waals surface area contributed by atoms with E-state index in [-0.39, 0.29) is 18.4 Å². The maximum Gasteiger partial charge on any atom is 0.310 e. The summed E-state index contributed by atoms with van der Waals surface area (Å²) in [5.74, 6) is -1.83. The number of aliphatic imine (C=N–C) groups is 1. The molecule has 0 saturated carbocycles. The van der Waals surface area contributed by atoms with Crippen molar-refractivity contribution in [3.8, 4) is 0 Å². The van der Waals surface area contributed by atoms with E-state index in [9.17, 15) is 24.0 Å². The smallest absolute Gasteiger partial charge is 0.310 e. The molecule has 0 fully saturated rings. The molecule has 0 bridgehead atoms. The maximum atomic E-state index is 10.7. The zero-order valence-electron chi connectivity index (χ0n) is 17.7. The number of nitrogens with one attached hydrogen (secondary N) is 1. The molecule has 158 valence electrons. The Balaban J connectivity index is -0.000000169. The molecule has 10 nitrogen and oxygen atoms in total. The van der Waals surface area contributed by atoms with Gasteiger partial charge in [0.05, 0.1) is 6.54 Å². The number of esters is 2. The fourth-order valence-electron chi connectivity index (χ4n) is 0.916. The van der Waals surface area contributed by atoms with Gasteiger partial charge in [0.15, 0.2) is 0 Å². The van der Waals surface area contributed by atoms with Gasteiger partial charge in [-0.25, -0.2) is 0 Å². The van der Waals surface area contributed by atoms with Crippen molar-refractivity contribution in [3.63, 3.8) is 0 Å². The number of hydrogen-bond acceptors (Lipinski definition) is 7. The van der Waals surface area contributed by atoms with Crippen LogP contribution >= 0.6 is 0 Å². The molecule has 0 spiro atoms. The lowest BCUT2D eigenvalue weighted by Gasteiger charge is -2.17. The zero-order chi connectivity index (χ0) is 22.4. The van der Waals surface area contributed by atoms with E-state index in [1.807, 2.05) is 20.8 Å². The Bertz CT molecular complexity index is 463. The van der Waals surface area contributed by atoms with Crippen LogP contribution in [0.4, 0.5) is 0 Å². The average molecular weight is 391 g/mol. The number of rotatable bonds is 3. The Labute approximate surface area is 161 Å². The van der Waals surface area contributed by atoms with E-state index in [2.05, 4.69) is 19.8 Å². The first kappa shape index (κ1) is 32.1. The summed E-state index contributed by atoms with van der Waals surface area (Å²) in [7, 11) is 3.23. The second kappa shape index (κ2) is 23.4. The SMILES string of the molecule is CC.CC(=O)N=C(NC(C)=O)N(C)CC=O.CC(=O)OC(C)=O.CCOC. The third kappa shape index (κ3) is 35.4. The number of carbonyl (C=O) groups excluding carboxylic acids is 5. The molecule has 10 heteroatoms. The van der Waals surface area contributed by atoms with E-state index in [4.69, 9.17) is 0 Å². The molecule has 0 unspecified atom stereocenters. The number of likely N-dealkylation sites (N-methyl/N-ethyl adjacent to an activating group) is 1. The van der Waals surface area contributed by atoms with Crippen LogP contribution in [-0.4, -0.2) is 68.2 Å². The van der Waals surface area contributed by atoms with Gasteiger partial charge in [-0.05, 0) is 6.92 Å². The molecule has 0 aromatic heterocycles. The molecule has 0 aromatic carbocycles. The minimum Gasteiger partial charge on any atom is -0.394 e. The molecular weight excluding hydrogens is 358 g/mol. The van der Waals surface area contributed by atoms with Crippen LogP contribution in [0.25, 0.3) is 0 Å².